The van der Waals surface area contributed by atoms with Gasteiger partial charge in [-0.15, -0.1) is 0 Å². The van der Waals surface area contributed by atoms with E-state index in [1.54, 1.807) is 18.5 Å². The molecule has 1 saturated carbocycles. The second-order valence-corrected chi connectivity index (χ2v) is 10.3. The molecule has 2 aromatic carbocycles. The molecule has 1 aliphatic heterocycles. The Morgan fingerprint density at radius 1 is 1.02 bits per heavy atom. The van der Waals surface area contributed by atoms with Gasteiger partial charge in [0.15, 0.2) is 11.6 Å². The third-order valence-corrected chi connectivity index (χ3v) is 7.27. The summed E-state index contributed by atoms with van der Waals surface area (Å²) < 4.78 is 59.5. The zero-order chi connectivity index (χ0) is 28.1. The summed E-state index contributed by atoms with van der Waals surface area (Å²) in [6.45, 7) is 1.81. The van der Waals surface area contributed by atoms with Crippen molar-refractivity contribution in [1.29, 1.82) is 0 Å². The van der Waals surface area contributed by atoms with Crippen molar-refractivity contribution in [2.24, 2.45) is 0 Å². The van der Waals surface area contributed by atoms with E-state index in [0.29, 0.717) is 17.1 Å². The third kappa shape index (κ3) is 5.02. The topological polar surface area (TPSA) is 96.2 Å². The van der Waals surface area contributed by atoms with Crippen molar-refractivity contribution in [3.8, 4) is 11.1 Å². The molecule has 6 rings (SSSR count). The molecule has 12 heteroatoms. The minimum Gasteiger partial charge on any atom is -0.358 e. The predicted octanol–water partition coefficient (Wildman–Crippen LogP) is 5.73. The van der Waals surface area contributed by atoms with Crippen molar-refractivity contribution in [2.75, 3.05) is 17.7 Å². The Hall–Kier alpha value is -4.32. The number of carbonyl (C=O) groups excluding carboxylic acids is 1. The van der Waals surface area contributed by atoms with E-state index in [2.05, 4.69) is 49.8 Å². The molecule has 206 valence electrons. The number of halogens is 4. The molecule has 0 atom stereocenters. The second-order valence-electron chi connectivity index (χ2n) is 10.3. The van der Waals surface area contributed by atoms with Gasteiger partial charge in [0.25, 0.3) is 0 Å². The third-order valence-electron chi connectivity index (χ3n) is 7.27. The van der Waals surface area contributed by atoms with Crippen LogP contribution in [0.2, 0.25) is 0 Å². The lowest BCUT2D eigenvalue weighted by molar-refractivity contribution is -0.165. The van der Waals surface area contributed by atoms with Crippen LogP contribution < -0.4 is 10.6 Å². The van der Waals surface area contributed by atoms with Crippen molar-refractivity contribution in [3.05, 3.63) is 83.1 Å². The summed E-state index contributed by atoms with van der Waals surface area (Å²) in [7, 11) is 2.07. The zero-order valence-electron chi connectivity index (χ0n) is 21.3. The zero-order valence-corrected chi connectivity index (χ0v) is 21.3. The van der Waals surface area contributed by atoms with Crippen LogP contribution in [0.1, 0.15) is 35.3 Å². The van der Waals surface area contributed by atoms with E-state index < -0.39 is 23.3 Å². The highest BCUT2D eigenvalue weighted by Gasteiger charge is 2.66. The average Bonchev–Trinajstić information content (AvgIpc) is 3.47. The Kier molecular flexibility index (Phi) is 6.29. The van der Waals surface area contributed by atoms with Crippen LogP contribution in [0.5, 0.6) is 0 Å². The Morgan fingerprint density at radius 3 is 2.48 bits per heavy atom. The number of hydrogen-bond acceptors (Lipinski definition) is 7. The molecular weight excluding hydrogens is 528 g/mol. The molecule has 0 spiro atoms. The van der Waals surface area contributed by atoms with Crippen LogP contribution in [0.4, 0.5) is 35.0 Å². The van der Waals surface area contributed by atoms with Crippen molar-refractivity contribution >= 4 is 23.4 Å². The van der Waals surface area contributed by atoms with E-state index in [1.165, 1.54) is 23.3 Å². The predicted molar refractivity (Wildman–Crippen MR) is 138 cm³/mol. The number of anilines is 3. The first-order valence-corrected chi connectivity index (χ1v) is 12.6. The first-order chi connectivity index (χ1) is 19.1. The number of aromatic nitrogens is 3. The lowest BCUT2D eigenvalue weighted by Crippen LogP contribution is -2.28. The van der Waals surface area contributed by atoms with Crippen LogP contribution in [0.3, 0.4) is 0 Å². The van der Waals surface area contributed by atoms with Gasteiger partial charge in [0.05, 0.1) is 6.42 Å². The maximum absolute atomic E-state index is 14.8. The van der Waals surface area contributed by atoms with E-state index in [9.17, 15) is 22.4 Å². The molecule has 8 nitrogen and oxygen atoms in total. The van der Waals surface area contributed by atoms with Gasteiger partial charge < -0.3 is 15.2 Å². The van der Waals surface area contributed by atoms with Crippen LogP contribution in [-0.4, -0.2) is 39.2 Å². The summed E-state index contributed by atoms with van der Waals surface area (Å²) in [5.41, 5.74) is 2.62. The van der Waals surface area contributed by atoms with Crippen molar-refractivity contribution in [1.82, 2.24) is 20.0 Å². The number of amides is 1. The number of rotatable bonds is 7. The number of benzene rings is 2. The fraction of sp³-hybridized carbons (Fsp3) is 0.286. The summed E-state index contributed by atoms with van der Waals surface area (Å²) in [6, 6.07) is 11.6. The van der Waals surface area contributed by atoms with Crippen LogP contribution >= 0.6 is 0 Å². The summed E-state index contributed by atoms with van der Waals surface area (Å²) in [5.74, 6) is -1.34. The van der Waals surface area contributed by atoms with Crippen LogP contribution in [-0.2, 0) is 29.7 Å². The highest BCUT2D eigenvalue weighted by Crippen LogP contribution is 2.59. The van der Waals surface area contributed by atoms with E-state index >= 15 is 0 Å². The summed E-state index contributed by atoms with van der Waals surface area (Å²) in [4.78, 5) is 23.3. The minimum absolute atomic E-state index is 0.0897. The van der Waals surface area contributed by atoms with Gasteiger partial charge in [-0.1, -0.05) is 23.4 Å². The summed E-state index contributed by atoms with van der Waals surface area (Å²) >= 11 is 0. The van der Waals surface area contributed by atoms with Crippen LogP contribution in [0, 0.1) is 5.82 Å². The highest BCUT2D eigenvalue weighted by atomic mass is 19.4. The van der Waals surface area contributed by atoms with Crippen LogP contribution in [0.15, 0.2) is 59.4 Å². The molecule has 0 unspecified atom stereocenters. The van der Waals surface area contributed by atoms with Crippen molar-refractivity contribution in [2.45, 2.75) is 43.9 Å². The van der Waals surface area contributed by atoms with E-state index in [4.69, 9.17) is 4.52 Å². The summed E-state index contributed by atoms with van der Waals surface area (Å²) in [5, 5.41) is 9.08. The molecule has 0 saturated heterocycles. The largest absolute Gasteiger partial charge is 0.401 e. The molecule has 40 heavy (non-hydrogen) atoms. The molecule has 2 N–H and O–H groups in total. The lowest BCUT2D eigenvalue weighted by Gasteiger charge is -2.14. The Balaban J connectivity index is 1.08. The molecule has 2 aliphatic rings. The number of nitrogens with zero attached hydrogens (tertiary/aromatic N) is 4. The van der Waals surface area contributed by atoms with Gasteiger partial charge in [-0.2, -0.15) is 13.2 Å². The van der Waals surface area contributed by atoms with Gasteiger partial charge in [-0.3, -0.25) is 9.69 Å². The first kappa shape index (κ1) is 25.9. The van der Waals surface area contributed by atoms with E-state index in [0.717, 1.165) is 24.8 Å². The lowest BCUT2D eigenvalue weighted by atomic mass is 10.0. The van der Waals surface area contributed by atoms with Gasteiger partial charge in [-0.25, -0.2) is 14.4 Å². The van der Waals surface area contributed by atoms with Gasteiger partial charge in [0.2, 0.25) is 11.9 Å². The summed E-state index contributed by atoms with van der Waals surface area (Å²) in [6.07, 6.45) is -1.82. The SMILES string of the molecule is CN1Cc2ccc(Nc3ncc(-c4ccc(CC(=O)Nc5cc(C6(C(F)(F)F)CC6)on5)c(F)c4)cn3)cc2C1. The second kappa shape index (κ2) is 9.70. The van der Waals surface area contributed by atoms with E-state index in [-0.39, 0.29) is 36.4 Å². The van der Waals surface area contributed by atoms with Crippen molar-refractivity contribution < 1.29 is 26.9 Å². The monoisotopic (exact) mass is 552 g/mol. The Morgan fingerprint density at radius 2 is 1.77 bits per heavy atom. The fourth-order valence-electron chi connectivity index (χ4n) is 4.90. The fourth-order valence-corrected chi connectivity index (χ4v) is 4.90. The van der Waals surface area contributed by atoms with Crippen LogP contribution in [0.25, 0.3) is 11.1 Å². The highest BCUT2D eigenvalue weighted by molar-refractivity contribution is 5.91. The molecule has 1 amide bonds. The molecule has 2 aromatic heterocycles. The first-order valence-electron chi connectivity index (χ1n) is 12.6. The number of fused-ring (bicyclic) bond motifs is 1. The van der Waals surface area contributed by atoms with Crippen molar-refractivity contribution in [3.63, 3.8) is 0 Å². The molecule has 3 heterocycles. The van der Waals surface area contributed by atoms with Gasteiger partial charge in [0, 0.05) is 42.8 Å². The number of carbonyl (C=O) groups is 1. The van der Waals surface area contributed by atoms with Gasteiger partial charge in [-0.05, 0) is 60.3 Å². The smallest absolute Gasteiger partial charge is 0.358 e. The molecule has 1 aliphatic carbocycles. The quantitative estimate of drug-likeness (QED) is 0.283. The molecular formula is C28H24F4N6O2. The Bertz CT molecular complexity index is 1580. The van der Waals surface area contributed by atoms with E-state index in [1.807, 2.05) is 6.07 Å². The molecule has 0 bridgehead atoms. The standard InChI is InChI=1S/C28H24F4N6O2/c1-38-14-18-4-5-21(8-19(18)15-38)35-26-33-12-20(13-34-26)16-2-3-17(22(29)9-16)10-25(39)36-24-11-23(40-37-24)27(6-7-27)28(30,31)32/h2-5,8-9,11-13H,6-7,10,14-15H2,1H3,(H,33,34,35)(H,36,37,39). The minimum atomic E-state index is -4.46. The molecule has 1 fully saturated rings. The maximum Gasteiger partial charge on any atom is 0.401 e. The maximum atomic E-state index is 14.8. The average molecular weight is 553 g/mol. The van der Waals surface area contributed by atoms with Gasteiger partial charge in [0.1, 0.15) is 11.2 Å². The number of alkyl halides is 3. The number of nitrogens with one attached hydrogen (secondary N) is 2. The Labute approximate surface area is 226 Å². The van der Waals surface area contributed by atoms with Gasteiger partial charge >= 0.3 is 6.18 Å². The molecule has 4 aromatic rings. The normalized spacial score (nSPS) is 16.0. The molecule has 0 radical (unpaired) electrons. The number of hydrogen-bond donors (Lipinski definition) is 2.